The quantitative estimate of drug-likeness (QED) is 0.728. The summed E-state index contributed by atoms with van der Waals surface area (Å²) in [7, 11) is 0. The van der Waals surface area contributed by atoms with Gasteiger partial charge >= 0.3 is 0 Å². The van der Waals surface area contributed by atoms with Gasteiger partial charge in [0.05, 0.1) is 6.61 Å². The number of hydrogen-bond acceptors (Lipinski definition) is 3. The molecule has 2 N–H and O–H groups in total. The Morgan fingerprint density at radius 3 is 2.67 bits per heavy atom. The van der Waals surface area contributed by atoms with Gasteiger partial charge in [-0.15, -0.1) is 0 Å². The molecule has 2 rings (SSSR count). The van der Waals surface area contributed by atoms with Gasteiger partial charge in [-0.3, -0.25) is 4.90 Å². The summed E-state index contributed by atoms with van der Waals surface area (Å²) < 4.78 is 0. The number of nitrogens with one attached hydrogen (secondary N) is 1. The van der Waals surface area contributed by atoms with Gasteiger partial charge in [0.15, 0.2) is 0 Å². The summed E-state index contributed by atoms with van der Waals surface area (Å²) in [4.78, 5) is 2.66. The average molecular weight is 254 g/mol. The van der Waals surface area contributed by atoms with Crippen LogP contribution in [0.3, 0.4) is 0 Å². The summed E-state index contributed by atoms with van der Waals surface area (Å²) in [5.41, 5.74) is 0. The molecule has 2 aliphatic rings. The summed E-state index contributed by atoms with van der Waals surface area (Å²) in [6, 6.07) is 1.29. The van der Waals surface area contributed by atoms with Gasteiger partial charge in [-0.2, -0.15) is 0 Å². The van der Waals surface area contributed by atoms with E-state index in [1.165, 1.54) is 38.6 Å². The van der Waals surface area contributed by atoms with Crippen LogP contribution >= 0.6 is 0 Å². The van der Waals surface area contributed by atoms with E-state index in [-0.39, 0.29) is 6.61 Å². The molecule has 1 aliphatic carbocycles. The SMILES string of the molecule is CCC(C)N1CC(CC2CC2)CC(NCCO)C1. The van der Waals surface area contributed by atoms with Gasteiger partial charge in [0.25, 0.3) is 0 Å². The second-order valence-corrected chi connectivity index (χ2v) is 6.37. The van der Waals surface area contributed by atoms with Gasteiger partial charge in [0, 0.05) is 31.7 Å². The predicted molar refractivity (Wildman–Crippen MR) is 75.7 cm³/mol. The number of nitrogens with zero attached hydrogens (tertiary/aromatic N) is 1. The molecule has 3 atom stereocenters. The van der Waals surface area contributed by atoms with Gasteiger partial charge in [-0.05, 0) is 38.0 Å². The van der Waals surface area contributed by atoms with E-state index in [0.717, 1.165) is 24.9 Å². The van der Waals surface area contributed by atoms with Crippen LogP contribution in [0, 0.1) is 11.8 Å². The molecule has 0 bridgehead atoms. The van der Waals surface area contributed by atoms with Crippen molar-refractivity contribution >= 4 is 0 Å². The highest BCUT2D eigenvalue weighted by Gasteiger charge is 2.33. The average Bonchev–Trinajstić information content (AvgIpc) is 3.19. The van der Waals surface area contributed by atoms with Crippen LogP contribution in [0.5, 0.6) is 0 Å². The Morgan fingerprint density at radius 2 is 2.06 bits per heavy atom. The molecule has 3 heteroatoms. The van der Waals surface area contributed by atoms with Crippen LogP contribution in [0.1, 0.15) is 46.0 Å². The molecule has 106 valence electrons. The summed E-state index contributed by atoms with van der Waals surface area (Å²) in [6.07, 6.45) is 6.92. The predicted octanol–water partition coefficient (Wildman–Crippen LogP) is 1.86. The Kier molecular flexibility index (Phi) is 5.46. The van der Waals surface area contributed by atoms with Crippen LogP contribution in [-0.4, -0.2) is 48.3 Å². The molecule has 1 saturated carbocycles. The first-order chi connectivity index (χ1) is 8.72. The van der Waals surface area contributed by atoms with Crippen LogP contribution in [0.4, 0.5) is 0 Å². The third kappa shape index (κ3) is 4.22. The monoisotopic (exact) mass is 254 g/mol. The Morgan fingerprint density at radius 1 is 1.28 bits per heavy atom. The largest absolute Gasteiger partial charge is 0.395 e. The van der Waals surface area contributed by atoms with Crippen LogP contribution < -0.4 is 5.32 Å². The molecule has 2 fully saturated rings. The first-order valence-electron chi connectivity index (χ1n) is 7.81. The zero-order valence-electron chi connectivity index (χ0n) is 12.1. The maximum atomic E-state index is 8.96. The summed E-state index contributed by atoms with van der Waals surface area (Å²) in [6.45, 7) is 8.09. The van der Waals surface area contributed by atoms with E-state index in [1.807, 2.05) is 0 Å². The molecule has 0 aromatic carbocycles. The highest BCUT2D eigenvalue weighted by molar-refractivity contribution is 4.88. The van der Waals surface area contributed by atoms with Crippen molar-refractivity contribution in [1.82, 2.24) is 10.2 Å². The molecule has 0 aromatic rings. The highest BCUT2D eigenvalue weighted by atomic mass is 16.3. The van der Waals surface area contributed by atoms with Crippen molar-refractivity contribution in [2.45, 2.75) is 58.0 Å². The van der Waals surface area contributed by atoms with Crippen molar-refractivity contribution in [3.05, 3.63) is 0 Å². The van der Waals surface area contributed by atoms with Crippen molar-refractivity contribution < 1.29 is 5.11 Å². The minimum Gasteiger partial charge on any atom is -0.395 e. The molecule has 0 spiro atoms. The Labute approximate surface area is 112 Å². The second kappa shape index (κ2) is 6.88. The maximum absolute atomic E-state index is 8.96. The normalized spacial score (nSPS) is 31.5. The Bertz CT molecular complexity index is 243. The van der Waals surface area contributed by atoms with Crippen molar-refractivity contribution in [3.8, 4) is 0 Å². The third-order valence-corrected chi connectivity index (χ3v) is 4.69. The lowest BCUT2D eigenvalue weighted by molar-refractivity contribution is 0.0940. The second-order valence-electron chi connectivity index (χ2n) is 6.37. The molecule has 1 saturated heterocycles. The fourth-order valence-corrected chi connectivity index (χ4v) is 3.27. The maximum Gasteiger partial charge on any atom is 0.0556 e. The van der Waals surface area contributed by atoms with E-state index in [9.17, 15) is 0 Å². The standard InChI is InChI=1S/C15H30N2O/c1-3-12(2)17-10-14(8-13-4-5-13)9-15(11-17)16-6-7-18/h12-16,18H,3-11H2,1-2H3. The Hall–Kier alpha value is -0.120. The van der Waals surface area contributed by atoms with Crippen molar-refractivity contribution in [1.29, 1.82) is 0 Å². The van der Waals surface area contributed by atoms with Gasteiger partial charge in [0.2, 0.25) is 0 Å². The number of aliphatic hydroxyl groups excluding tert-OH is 1. The fourth-order valence-electron chi connectivity index (χ4n) is 3.27. The molecule has 1 heterocycles. The van der Waals surface area contributed by atoms with Crippen molar-refractivity contribution in [3.63, 3.8) is 0 Å². The van der Waals surface area contributed by atoms with Crippen LogP contribution in [-0.2, 0) is 0 Å². The lowest BCUT2D eigenvalue weighted by Gasteiger charge is -2.41. The fraction of sp³-hybridized carbons (Fsp3) is 1.00. The van der Waals surface area contributed by atoms with Crippen LogP contribution in [0.25, 0.3) is 0 Å². The molecule has 0 aromatic heterocycles. The molecule has 0 radical (unpaired) electrons. The number of hydrogen-bond donors (Lipinski definition) is 2. The van der Waals surface area contributed by atoms with E-state index in [1.54, 1.807) is 0 Å². The molecular formula is C15H30N2O. The first kappa shape index (κ1) is 14.3. The lowest BCUT2D eigenvalue weighted by atomic mass is 9.88. The molecule has 3 nitrogen and oxygen atoms in total. The highest BCUT2D eigenvalue weighted by Crippen LogP contribution is 2.38. The summed E-state index contributed by atoms with van der Waals surface area (Å²) in [5, 5.41) is 12.5. The number of piperidine rings is 1. The third-order valence-electron chi connectivity index (χ3n) is 4.69. The zero-order valence-corrected chi connectivity index (χ0v) is 12.1. The van der Waals surface area contributed by atoms with E-state index < -0.39 is 0 Å². The molecule has 3 unspecified atom stereocenters. The smallest absolute Gasteiger partial charge is 0.0556 e. The molecule has 0 amide bonds. The topological polar surface area (TPSA) is 35.5 Å². The van der Waals surface area contributed by atoms with Gasteiger partial charge in [0.1, 0.15) is 0 Å². The Balaban J connectivity index is 1.86. The number of rotatable bonds is 7. The summed E-state index contributed by atoms with van der Waals surface area (Å²) in [5.74, 6) is 1.90. The minimum absolute atomic E-state index is 0.257. The van der Waals surface area contributed by atoms with E-state index in [0.29, 0.717) is 12.1 Å². The van der Waals surface area contributed by atoms with E-state index in [2.05, 4.69) is 24.1 Å². The molecule has 18 heavy (non-hydrogen) atoms. The molecular weight excluding hydrogens is 224 g/mol. The van der Waals surface area contributed by atoms with E-state index in [4.69, 9.17) is 5.11 Å². The number of likely N-dealkylation sites (tertiary alicyclic amines) is 1. The first-order valence-corrected chi connectivity index (χ1v) is 7.81. The van der Waals surface area contributed by atoms with Crippen LogP contribution in [0.15, 0.2) is 0 Å². The van der Waals surface area contributed by atoms with E-state index >= 15 is 0 Å². The van der Waals surface area contributed by atoms with Gasteiger partial charge < -0.3 is 10.4 Å². The minimum atomic E-state index is 0.257. The van der Waals surface area contributed by atoms with Crippen molar-refractivity contribution in [2.24, 2.45) is 11.8 Å². The van der Waals surface area contributed by atoms with Crippen molar-refractivity contribution in [2.75, 3.05) is 26.2 Å². The van der Waals surface area contributed by atoms with Gasteiger partial charge in [-0.1, -0.05) is 19.8 Å². The number of aliphatic hydroxyl groups is 1. The lowest BCUT2D eigenvalue weighted by Crippen LogP contribution is -2.52. The zero-order chi connectivity index (χ0) is 13.0. The van der Waals surface area contributed by atoms with Gasteiger partial charge in [-0.25, -0.2) is 0 Å². The van der Waals surface area contributed by atoms with Crippen LogP contribution in [0.2, 0.25) is 0 Å². The summed E-state index contributed by atoms with van der Waals surface area (Å²) >= 11 is 0. The molecule has 1 aliphatic heterocycles.